The van der Waals surface area contributed by atoms with Crippen LogP contribution in [0.15, 0.2) is 47.0 Å². The Balaban J connectivity index is 2.13. The number of allylic oxidation sites excluding steroid dienone is 2. The van der Waals surface area contributed by atoms with Crippen LogP contribution in [-0.4, -0.2) is 40.0 Å². The minimum absolute atomic E-state index is 0.448. The van der Waals surface area contributed by atoms with Crippen LogP contribution < -0.4 is 4.46 Å². The molecule has 2 unspecified atom stereocenters. The summed E-state index contributed by atoms with van der Waals surface area (Å²) in [5, 5.41) is 0. The molecule has 0 radical (unpaired) electrons. The quantitative estimate of drug-likeness (QED) is 0.772. The number of rotatable bonds is 4. The predicted molar refractivity (Wildman–Crippen MR) is 80.4 cm³/mol. The molecule has 0 aliphatic heterocycles. The molecule has 96 valence electrons. The van der Waals surface area contributed by atoms with Crippen LogP contribution in [0.25, 0.3) is 0 Å². The van der Waals surface area contributed by atoms with Crippen molar-refractivity contribution in [3.8, 4) is 0 Å². The first-order valence-electron chi connectivity index (χ1n) is 6.38. The maximum atomic E-state index is 2.35. The molecule has 18 heavy (non-hydrogen) atoms. The van der Waals surface area contributed by atoms with Gasteiger partial charge in [-0.15, -0.1) is 0 Å². The maximum absolute atomic E-state index is 2.35. The molecule has 2 rings (SSSR count). The molecule has 0 N–H and O–H groups in total. The van der Waals surface area contributed by atoms with E-state index in [9.17, 15) is 0 Å². The Hall–Kier alpha value is -0.821. The van der Waals surface area contributed by atoms with Gasteiger partial charge in [0.1, 0.15) is 0 Å². The van der Waals surface area contributed by atoms with Gasteiger partial charge in [0.05, 0.1) is 0 Å². The average molecular weight is 306 g/mol. The monoisotopic (exact) mass is 307 g/mol. The van der Waals surface area contributed by atoms with Crippen molar-refractivity contribution in [3.05, 3.63) is 52.5 Å². The van der Waals surface area contributed by atoms with Crippen molar-refractivity contribution in [2.24, 2.45) is 5.92 Å². The van der Waals surface area contributed by atoms with Crippen LogP contribution in [-0.2, 0) is 0 Å². The summed E-state index contributed by atoms with van der Waals surface area (Å²) in [5.41, 5.74) is 1.42. The second kappa shape index (κ2) is 5.88. The van der Waals surface area contributed by atoms with E-state index in [4.69, 9.17) is 0 Å². The molecule has 2 heteroatoms. The van der Waals surface area contributed by atoms with Crippen LogP contribution >= 0.6 is 0 Å². The zero-order valence-corrected chi connectivity index (χ0v) is 13.3. The molecular formula is C16H21NSe. The molecule has 0 amide bonds. The molecule has 1 nitrogen and oxygen atoms in total. The second-order valence-corrected chi connectivity index (χ2v) is 7.39. The predicted octanol–water partition coefficient (Wildman–Crippen LogP) is 2.34. The molecule has 1 aromatic carbocycles. The number of nitrogens with zero attached hydrogens (tertiary/aromatic N) is 1. The zero-order chi connectivity index (χ0) is 13.1. The van der Waals surface area contributed by atoms with Crippen LogP contribution in [0.3, 0.4) is 0 Å². The first-order chi connectivity index (χ1) is 8.59. The zero-order valence-electron chi connectivity index (χ0n) is 11.6. The van der Waals surface area contributed by atoms with Crippen LogP contribution in [0.2, 0.25) is 0 Å². The molecule has 1 aliphatic carbocycles. The van der Waals surface area contributed by atoms with Crippen molar-refractivity contribution in [3.63, 3.8) is 0 Å². The number of hydrogen-bond donors (Lipinski definition) is 0. The van der Waals surface area contributed by atoms with Crippen molar-refractivity contribution in [2.45, 2.75) is 19.9 Å². The van der Waals surface area contributed by atoms with Crippen LogP contribution in [0, 0.1) is 12.8 Å². The molecule has 0 bridgehead atoms. The van der Waals surface area contributed by atoms with Gasteiger partial charge in [-0.05, 0) is 0 Å². The molecule has 1 aliphatic rings. The summed E-state index contributed by atoms with van der Waals surface area (Å²) >= 11 is 0.448. The van der Waals surface area contributed by atoms with Gasteiger partial charge in [0, 0.05) is 0 Å². The van der Waals surface area contributed by atoms with Crippen molar-refractivity contribution in [1.29, 1.82) is 0 Å². The summed E-state index contributed by atoms with van der Waals surface area (Å²) in [4.78, 5) is 2.31. The minimum atomic E-state index is 0.448. The fraction of sp³-hybridized carbons (Fsp3) is 0.375. The molecule has 0 heterocycles. The van der Waals surface area contributed by atoms with E-state index >= 15 is 0 Å². The number of hydrogen-bond acceptors (Lipinski definition) is 1. The third-order valence-electron chi connectivity index (χ3n) is 3.56. The van der Waals surface area contributed by atoms with E-state index in [1.807, 2.05) is 0 Å². The topological polar surface area (TPSA) is 3.24 Å². The van der Waals surface area contributed by atoms with Crippen LogP contribution in [0.1, 0.15) is 12.5 Å². The van der Waals surface area contributed by atoms with Crippen molar-refractivity contribution >= 4 is 19.4 Å². The van der Waals surface area contributed by atoms with E-state index < -0.39 is 0 Å². The summed E-state index contributed by atoms with van der Waals surface area (Å²) in [7, 11) is 4.32. The van der Waals surface area contributed by atoms with Gasteiger partial charge in [-0.2, -0.15) is 0 Å². The summed E-state index contributed by atoms with van der Waals surface area (Å²) in [6.07, 6.45) is 6.89. The molecule has 2 atom stereocenters. The van der Waals surface area contributed by atoms with Crippen molar-refractivity contribution in [1.82, 2.24) is 4.90 Å². The van der Waals surface area contributed by atoms with Gasteiger partial charge in [-0.3, -0.25) is 0 Å². The Morgan fingerprint density at radius 1 is 1.22 bits per heavy atom. The first-order valence-corrected chi connectivity index (χ1v) is 8.09. The van der Waals surface area contributed by atoms with Gasteiger partial charge < -0.3 is 0 Å². The molecule has 0 saturated heterocycles. The Labute approximate surface area is 117 Å². The van der Waals surface area contributed by atoms with Gasteiger partial charge in [-0.1, -0.05) is 0 Å². The van der Waals surface area contributed by atoms with Crippen molar-refractivity contribution in [2.75, 3.05) is 14.1 Å². The first kappa shape index (κ1) is 13.6. The van der Waals surface area contributed by atoms with E-state index in [1.54, 1.807) is 4.47 Å². The third-order valence-corrected chi connectivity index (χ3v) is 6.34. The molecule has 1 aromatic rings. The Morgan fingerprint density at radius 2 is 1.94 bits per heavy atom. The summed E-state index contributed by atoms with van der Waals surface area (Å²) in [6.45, 7) is 4.52. The Bertz CT molecular complexity index is 474. The summed E-state index contributed by atoms with van der Waals surface area (Å²) < 4.78 is 3.11. The summed E-state index contributed by atoms with van der Waals surface area (Å²) in [5.74, 6) is 0.583. The fourth-order valence-corrected chi connectivity index (χ4v) is 4.59. The van der Waals surface area contributed by atoms with Crippen molar-refractivity contribution < 1.29 is 0 Å². The van der Waals surface area contributed by atoms with E-state index in [1.165, 1.54) is 10.0 Å². The van der Waals surface area contributed by atoms with E-state index in [2.05, 4.69) is 75.3 Å². The molecule has 0 fully saturated rings. The van der Waals surface area contributed by atoms with Gasteiger partial charge >= 0.3 is 117 Å². The summed E-state index contributed by atoms with van der Waals surface area (Å²) in [6, 6.07) is 9.32. The SMILES string of the molecule is Cc1ccccc1[Se]C1=CC=CC1C(C)N(C)C. The van der Waals surface area contributed by atoms with E-state index in [0.717, 1.165) is 0 Å². The molecular weight excluding hydrogens is 285 g/mol. The number of benzene rings is 1. The fourth-order valence-electron chi connectivity index (χ4n) is 2.10. The van der Waals surface area contributed by atoms with Gasteiger partial charge in [0.2, 0.25) is 0 Å². The Morgan fingerprint density at radius 3 is 2.61 bits per heavy atom. The van der Waals surface area contributed by atoms with Gasteiger partial charge in [0.25, 0.3) is 0 Å². The molecule has 0 saturated carbocycles. The van der Waals surface area contributed by atoms with Crippen LogP contribution in [0.4, 0.5) is 0 Å². The normalized spacial score (nSPS) is 20.3. The number of aryl methyl sites for hydroxylation is 1. The standard InChI is InChI=1S/C16H21NSe/c1-12-8-5-6-10-15(12)18-16-11-7-9-14(16)13(2)17(3)4/h5-11,13-14H,1-4H3. The van der Waals surface area contributed by atoms with Gasteiger partial charge in [0.15, 0.2) is 0 Å². The van der Waals surface area contributed by atoms with E-state index in [0.29, 0.717) is 26.9 Å². The van der Waals surface area contributed by atoms with Crippen LogP contribution in [0.5, 0.6) is 0 Å². The molecule has 0 spiro atoms. The van der Waals surface area contributed by atoms with Gasteiger partial charge in [-0.25, -0.2) is 0 Å². The molecule has 0 aromatic heterocycles. The van der Waals surface area contributed by atoms with E-state index in [-0.39, 0.29) is 0 Å². The second-order valence-electron chi connectivity index (χ2n) is 5.05. The third kappa shape index (κ3) is 2.95. The average Bonchev–Trinajstić information content (AvgIpc) is 2.79. The Kier molecular flexibility index (Phi) is 4.45.